The Bertz CT molecular complexity index is 241. The minimum atomic E-state index is 1.05. The molecule has 60 valence electrons. The molecule has 0 aliphatic rings. The molecule has 0 spiro atoms. The van der Waals surface area contributed by atoms with Gasteiger partial charge in [-0.3, -0.25) is 4.98 Å². The molecular weight excluding hydrogens is 134 g/mol. The van der Waals surface area contributed by atoms with Crippen LogP contribution in [0.5, 0.6) is 0 Å². The third-order valence-electron chi connectivity index (χ3n) is 1.92. The van der Waals surface area contributed by atoms with Gasteiger partial charge in [0.1, 0.15) is 0 Å². The smallest absolute Gasteiger partial charge is 0.0435 e. The molecule has 11 heavy (non-hydrogen) atoms. The second-order valence-corrected chi connectivity index (χ2v) is 2.77. The summed E-state index contributed by atoms with van der Waals surface area (Å²) in [5.74, 6) is 0. The molecule has 0 bridgehead atoms. The molecule has 1 rings (SSSR count). The number of pyridine rings is 1. The minimum absolute atomic E-state index is 1.05. The van der Waals surface area contributed by atoms with Gasteiger partial charge in [-0.25, -0.2) is 0 Å². The van der Waals surface area contributed by atoms with Crippen LogP contribution < -0.4 is 0 Å². The highest BCUT2D eigenvalue weighted by Gasteiger charge is 1.98. The van der Waals surface area contributed by atoms with E-state index >= 15 is 0 Å². The van der Waals surface area contributed by atoms with Crippen LogP contribution in [0.25, 0.3) is 0 Å². The molecule has 0 amide bonds. The molecule has 1 aromatic rings. The first-order chi connectivity index (χ1) is 5.27. The van der Waals surface area contributed by atoms with Crippen molar-refractivity contribution in [2.75, 3.05) is 0 Å². The summed E-state index contributed by atoms with van der Waals surface area (Å²) in [6, 6.07) is 4.26. The third kappa shape index (κ3) is 1.79. The summed E-state index contributed by atoms with van der Waals surface area (Å²) < 4.78 is 0. The molecule has 0 aromatic carbocycles. The molecule has 1 nitrogen and oxygen atoms in total. The van der Waals surface area contributed by atoms with Crippen LogP contribution in [0.2, 0.25) is 0 Å². The van der Waals surface area contributed by atoms with E-state index in [1.807, 2.05) is 6.92 Å². The van der Waals surface area contributed by atoms with Crippen molar-refractivity contribution in [2.24, 2.45) is 0 Å². The van der Waals surface area contributed by atoms with Crippen LogP contribution in [0.15, 0.2) is 12.1 Å². The first-order valence-electron chi connectivity index (χ1n) is 4.23. The topological polar surface area (TPSA) is 12.9 Å². The van der Waals surface area contributed by atoms with Crippen LogP contribution in [0.1, 0.15) is 30.8 Å². The summed E-state index contributed by atoms with van der Waals surface area (Å²) in [7, 11) is 0. The van der Waals surface area contributed by atoms with Gasteiger partial charge in [0.15, 0.2) is 0 Å². The Morgan fingerprint density at radius 1 is 1.18 bits per heavy atom. The predicted molar refractivity (Wildman–Crippen MR) is 47.7 cm³/mol. The van der Waals surface area contributed by atoms with Crippen LogP contribution in [-0.2, 0) is 12.8 Å². The molecule has 0 N–H and O–H groups in total. The van der Waals surface area contributed by atoms with Crippen LogP contribution in [0.4, 0.5) is 0 Å². The van der Waals surface area contributed by atoms with Gasteiger partial charge in [-0.05, 0) is 31.4 Å². The van der Waals surface area contributed by atoms with Crippen LogP contribution >= 0.6 is 0 Å². The molecule has 0 radical (unpaired) electrons. The van der Waals surface area contributed by atoms with Crippen LogP contribution in [0, 0.1) is 6.92 Å². The first-order valence-corrected chi connectivity index (χ1v) is 4.23. The van der Waals surface area contributed by atoms with Crippen molar-refractivity contribution in [1.29, 1.82) is 0 Å². The molecule has 1 heteroatoms. The summed E-state index contributed by atoms with van der Waals surface area (Å²) in [4.78, 5) is 4.46. The van der Waals surface area contributed by atoms with Gasteiger partial charge in [-0.2, -0.15) is 0 Å². The quantitative estimate of drug-likeness (QED) is 0.629. The summed E-state index contributed by atoms with van der Waals surface area (Å²) in [6.07, 6.45) is 2.14. The van der Waals surface area contributed by atoms with Crippen molar-refractivity contribution in [2.45, 2.75) is 33.6 Å². The lowest BCUT2D eigenvalue weighted by Crippen LogP contribution is -1.96. The summed E-state index contributed by atoms with van der Waals surface area (Å²) in [5, 5.41) is 0. The lowest BCUT2D eigenvalue weighted by molar-refractivity contribution is 0.944. The van der Waals surface area contributed by atoms with Gasteiger partial charge < -0.3 is 0 Å². The monoisotopic (exact) mass is 149 g/mol. The Kier molecular flexibility index (Phi) is 2.64. The molecule has 0 atom stereocenters. The average molecular weight is 149 g/mol. The largest absolute Gasteiger partial charge is 0.258 e. The van der Waals surface area contributed by atoms with Crippen molar-refractivity contribution in [3.63, 3.8) is 0 Å². The zero-order chi connectivity index (χ0) is 8.27. The zero-order valence-corrected chi connectivity index (χ0v) is 7.52. The van der Waals surface area contributed by atoms with Crippen LogP contribution in [0.3, 0.4) is 0 Å². The van der Waals surface area contributed by atoms with E-state index in [-0.39, 0.29) is 0 Å². The van der Waals surface area contributed by atoms with E-state index in [2.05, 4.69) is 31.0 Å². The predicted octanol–water partition coefficient (Wildman–Crippen LogP) is 2.51. The summed E-state index contributed by atoms with van der Waals surface area (Å²) in [6.45, 7) is 6.37. The maximum absolute atomic E-state index is 4.46. The highest BCUT2D eigenvalue weighted by molar-refractivity contribution is 5.22. The van der Waals surface area contributed by atoms with Crippen molar-refractivity contribution in [3.05, 3.63) is 29.1 Å². The number of rotatable bonds is 2. The Morgan fingerprint density at radius 2 is 1.91 bits per heavy atom. The number of aryl methyl sites for hydroxylation is 3. The molecule has 0 saturated heterocycles. The fourth-order valence-electron chi connectivity index (χ4n) is 1.27. The molecule has 0 unspecified atom stereocenters. The summed E-state index contributed by atoms with van der Waals surface area (Å²) in [5.41, 5.74) is 3.77. The van der Waals surface area contributed by atoms with Crippen LogP contribution in [-0.4, -0.2) is 4.98 Å². The lowest BCUT2D eigenvalue weighted by atomic mass is 10.1. The van der Waals surface area contributed by atoms with Crippen molar-refractivity contribution in [1.82, 2.24) is 4.98 Å². The number of aromatic nitrogens is 1. The molecule has 0 fully saturated rings. The van der Waals surface area contributed by atoms with E-state index in [4.69, 9.17) is 0 Å². The molecule has 0 saturated carbocycles. The highest BCUT2D eigenvalue weighted by atomic mass is 14.7. The molecule has 1 heterocycles. The second kappa shape index (κ2) is 3.51. The fraction of sp³-hybridized carbons (Fsp3) is 0.500. The molecule has 1 aromatic heterocycles. The van der Waals surface area contributed by atoms with E-state index < -0.39 is 0 Å². The zero-order valence-electron chi connectivity index (χ0n) is 7.52. The maximum atomic E-state index is 4.46. The number of nitrogens with zero attached hydrogens (tertiary/aromatic N) is 1. The van der Waals surface area contributed by atoms with E-state index in [0.717, 1.165) is 18.5 Å². The average Bonchev–Trinajstić information content (AvgIpc) is 2.04. The van der Waals surface area contributed by atoms with Gasteiger partial charge in [0.05, 0.1) is 0 Å². The SMILES string of the molecule is CCc1ccc(C)nc1CC. The molecule has 0 aliphatic heterocycles. The standard InChI is InChI=1S/C10H15N/c1-4-9-7-6-8(3)11-10(9)5-2/h6-7H,4-5H2,1-3H3. The Labute approximate surface area is 68.5 Å². The van der Waals surface area contributed by atoms with Crippen molar-refractivity contribution >= 4 is 0 Å². The van der Waals surface area contributed by atoms with Gasteiger partial charge >= 0.3 is 0 Å². The van der Waals surface area contributed by atoms with Crippen molar-refractivity contribution in [3.8, 4) is 0 Å². The first kappa shape index (κ1) is 8.25. The lowest BCUT2D eigenvalue weighted by Gasteiger charge is -2.04. The van der Waals surface area contributed by atoms with E-state index in [9.17, 15) is 0 Å². The Balaban J connectivity index is 3.06. The maximum Gasteiger partial charge on any atom is 0.0435 e. The van der Waals surface area contributed by atoms with E-state index in [1.165, 1.54) is 11.3 Å². The second-order valence-electron chi connectivity index (χ2n) is 2.77. The van der Waals surface area contributed by atoms with Gasteiger partial charge in [-0.1, -0.05) is 19.9 Å². The van der Waals surface area contributed by atoms with Gasteiger partial charge in [0.25, 0.3) is 0 Å². The molecule has 0 aliphatic carbocycles. The van der Waals surface area contributed by atoms with Gasteiger partial charge in [0.2, 0.25) is 0 Å². The Hall–Kier alpha value is -0.850. The van der Waals surface area contributed by atoms with Gasteiger partial charge in [-0.15, -0.1) is 0 Å². The van der Waals surface area contributed by atoms with Crippen molar-refractivity contribution < 1.29 is 0 Å². The van der Waals surface area contributed by atoms with E-state index in [0.29, 0.717) is 0 Å². The fourth-order valence-corrected chi connectivity index (χ4v) is 1.27. The Morgan fingerprint density at radius 3 is 2.45 bits per heavy atom. The van der Waals surface area contributed by atoms with E-state index in [1.54, 1.807) is 0 Å². The summed E-state index contributed by atoms with van der Waals surface area (Å²) >= 11 is 0. The highest BCUT2D eigenvalue weighted by Crippen LogP contribution is 2.08. The molecular formula is C10H15N. The number of hydrogen-bond acceptors (Lipinski definition) is 1. The number of hydrogen-bond donors (Lipinski definition) is 0. The minimum Gasteiger partial charge on any atom is -0.258 e. The third-order valence-corrected chi connectivity index (χ3v) is 1.92. The normalized spacial score (nSPS) is 10.1. The van der Waals surface area contributed by atoms with Gasteiger partial charge in [0, 0.05) is 11.4 Å².